The van der Waals surface area contributed by atoms with Crippen LogP contribution in [0.25, 0.3) is 11.1 Å². The van der Waals surface area contributed by atoms with Gasteiger partial charge in [-0.15, -0.1) is 0 Å². The Labute approximate surface area is 106 Å². The van der Waals surface area contributed by atoms with Gasteiger partial charge in [-0.2, -0.15) is 0 Å². The van der Waals surface area contributed by atoms with Crippen LogP contribution >= 0.6 is 11.6 Å². The molecule has 0 bridgehead atoms. The van der Waals surface area contributed by atoms with Crippen LogP contribution in [0.2, 0.25) is 5.02 Å². The fourth-order valence-corrected chi connectivity index (χ4v) is 1.83. The van der Waals surface area contributed by atoms with Crippen molar-refractivity contribution in [2.24, 2.45) is 0 Å². The number of hydrogen-bond acceptors (Lipinski definition) is 2. The number of ether oxygens (including phenoxy) is 2. The summed E-state index contributed by atoms with van der Waals surface area (Å²) < 4.78 is 10.4. The molecule has 0 saturated carbocycles. The van der Waals surface area contributed by atoms with E-state index in [1.165, 1.54) is 0 Å². The smallest absolute Gasteiger partial charge is 0.123 e. The molecule has 0 amide bonds. The van der Waals surface area contributed by atoms with Crippen molar-refractivity contribution in [3.8, 4) is 22.6 Å². The van der Waals surface area contributed by atoms with Crippen LogP contribution in [0.15, 0.2) is 36.4 Å². The first-order valence-corrected chi connectivity index (χ1v) is 5.52. The minimum Gasteiger partial charge on any atom is -0.497 e. The van der Waals surface area contributed by atoms with E-state index in [2.05, 4.69) is 6.07 Å². The highest BCUT2D eigenvalue weighted by Gasteiger charge is 2.07. The topological polar surface area (TPSA) is 18.5 Å². The van der Waals surface area contributed by atoms with E-state index in [1.807, 2.05) is 36.4 Å². The number of hydrogen-bond donors (Lipinski definition) is 0. The maximum Gasteiger partial charge on any atom is 0.123 e. The van der Waals surface area contributed by atoms with Gasteiger partial charge in [-0.25, -0.2) is 0 Å². The second-order valence-corrected chi connectivity index (χ2v) is 3.90. The minimum absolute atomic E-state index is 0.655. The molecule has 0 aliphatic carbocycles. The molecule has 2 rings (SSSR count). The van der Waals surface area contributed by atoms with Gasteiger partial charge < -0.3 is 9.47 Å². The van der Waals surface area contributed by atoms with Gasteiger partial charge in [0.15, 0.2) is 0 Å². The van der Waals surface area contributed by atoms with Crippen molar-refractivity contribution in [2.45, 2.75) is 0 Å². The lowest BCUT2D eigenvalue weighted by Gasteiger charge is -2.09. The van der Waals surface area contributed by atoms with Crippen molar-refractivity contribution in [1.29, 1.82) is 0 Å². The van der Waals surface area contributed by atoms with E-state index >= 15 is 0 Å². The Hall–Kier alpha value is -1.67. The molecule has 0 aliphatic heterocycles. The lowest BCUT2D eigenvalue weighted by molar-refractivity contribution is 0.394. The van der Waals surface area contributed by atoms with Crippen LogP contribution in [0.5, 0.6) is 11.5 Å². The summed E-state index contributed by atoms with van der Waals surface area (Å²) in [5, 5.41) is 0.655. The molecule has 3 heteroatoms. The van der Waals surface area contributed by atoms with Gasteiger partial charge >= 0.3 is 0 Å². The molecule has 0 unspecified atom stereocenters. The average molecular weight is 248 g/mol. The summed E-state index contributed by atoms with van der Waals surface area (Å²) in [5.41, 5.74) is 1.76. The molecule has 0 saturated heterocycles. The summed E-state index contributed by atoms with van der Waals surface area (Å²) in [5.74, 6) is 1.46. The Morgan fingerprint density at radius 2 is 1.71 bits per heavy atom. The summed E-state index contributed by atoms with van der Waals surface area (Å²) >= 11 is 6.14. The first kappa shape index (κ1) is 11.8. The number of benzene rings is 2. The molecule has 2 aromatic rings. The zero-order valence-electron chi connectivity index (χ0n) is 9.66. The molecule has 0 spiro atoms. The monoisotopic (exact) mass is 247 g/mol. The Morgan fingerprint density at radius 1 is 1.06 bits per heavy atom. The molecule has 87 valence electrons. The number of methoxy groups -OCH3 is 2. The summed E-state index contributed by atoms with van der Waals surface area (Å²) in [7, 11) is 3.24. The highest BCUT2D eigenvalue weighted by Crippen LogP contribution is 2.33. The summed E-state index contributed by atoms with van der Waals surface area (Å²) in [6, 6.07) is 14.2. The lowest BCUT2D eigenvalue weighted by Crippen LogP contribution is -1.89. The zero-order chi connectivity index (χ0) is 12.3. The van der Waals surface area contributed by atoms with Gasteiger partial charge in [-0.05, 0) is 29.8 Å². The Bertz CT molecular complexity index is 501. The van der Waals surface area contributed by atoms with E-state index in [4.69, 9.17) is 21.1 Å². The molecule has 2 aromatic carbocycles. The van der Waals surface area contributed by atoms with Gasteiger partial charge in [0.1, 0.15) is 11.5 Å². The van der Waals surface area contributed by atoms with Crippen molar-refractivity contribution in [3.05, 3.63) is 47.5 Å². The van der Waals surface area contributed by atoms with E-state index in [9.17, 15) is 0 Å². The van der Waals surface area contributed by atoms with Crippen molar-refractivity contribution < 1.29 is 9.47 Å². The van der Waals surface area contributed by atoms with E-state index in [-0.39, 0.29) is 0 Å². The van der Waals surface area contributed by atoms with Crippen LogP contribution in [0.3, 0.4) is 0 Å². The molecule has 1 radical (unpaired) electrons. The second kappa shape index (κ2) is 5.11. The van der Waals surface area contributed by atoms with Crippen LogP contribution in [-0.2, 0) is 0 Å². The van der Waals surface area contributed by atoms with Gasteiger partial charge in [-0.3, -0.25) is 0 Å². The van der Waals surface area contributed by atoms with E-state index in [1.54, 1.807) is 14.2 Å². The number of rotatable bonds is 3. The Balaban J connectivity index is 2.55. The van der Waals surface area contributed by atoms with Crippen LogP contribution in [0, 0.1) is 6.07 Å². The summed E-state index contributed by atoms with van der Waals surface area (Å²) in [6.07, 6.45) is 0. The fourth-order valence-electron chi connectivity index (χ4n) is 1.59. The predicted molar refractivity (Wildman–Crippen MR) is 68.8 cm³/mol. The molecule has 17 heavy (non-hydrogen) atoms. The molecule has 0 atom stereocenters. The lowest BCUT2D eigenvalue weighted by atomic mass is 10.1. The molecule has 0 fully saturated rings. The predicted octanol–water partition coefficient (Wildman–Crippen LogP) is 3.82. The van der Waals surface area contributed by atoms with Gasteiger partial charge in [-0.1, -0.05) is 23.7 Å². The third-order valence-electron chi connectivity index (χ3n) is 2.45. The molecule has 2 nitrogen and oxygen atoms in total. The van der Waals surface area contributed by atoms with E-state index in [0.717, 1.165) is 22.6 Å². The summed E-state index contributed by atoms with van der Waals surface area (Å²) in [6.45, 7) is 0. The molecule has 0 N–H and O–H groups in total. The normalized spacial score (nSPS) is 10.1. The standard InChI is InChI=1S/C14H12ClO2/c1-16-11-7-10(8-12(9-11)17-2)13-5-3-4-6-14(13)15/h3-4,6-9H,1-2H3. The quantitative estimate of drug-likeness (QED) is 0.821. The van der Waals surface area contributed by atoms with Gasteiger partial charge in [0.05, 0.1) is 14.2 Å². The van der Waals surface area contributed by atoms with Gasteiger partial charge in [0.25, 0.3) is 0 Å². The maximum absolute atomic E-state index is 6.14. The molecule has 0 aromatic heterocycles. The first-order valence-electron chi connectivity index (χ1n) is 5.14. The number of halogens is 1. The maximum atomic E-state index is 6.14. The molecular weight excluding hydrogens is 236 g/mol. The third-order valence-corrected chi connectivity index (χ3v) is 2.76. The fraction of sp³-hybridized carbons (Fsp3) is 0.143. The Kier molecular flexibility index (Phi) is 3.55. The SMILES string of the molecule is COc1cc(OC)cc(-c2[c]cccc2Cl)c1. The highest BCUT2D eigenvalue weighted by atomic mass is 35.5. The first-order chi connectivity index (χ1) is 8.24. The molecule has 0 heterocycles. The van der Waals surface area contributed by atoms with Crippen LogP contribution < -0.4 is 9.47 Å². The van der Waals surface area contributed by atoms with Crippen molar-refractivity contribution >= 4 is 11.6 Å². The van der Waals surface area contributed by atoms with Crippen LogP contribution in [-0.4, -0.2) is 14.2 Å². The van der Waals surface area contributed by atoms with E-state index in [0.29, 0.717) is 5.02 Å². The highest BCUT2D eigenvalue weighted by molar-refractivity contribution is 6.33. The zero-order valence-corrected chi connectivity index (χ0v) is 10.4. The third kappa shape index (κ3) is 2.53. The average Bonchev–Trinajstić information content (AvgIpc) is 2.38. The van der Waals surface area contributed by atoms with Crippen LogP contribution in [0.4, 0.5) is 0 Å². The van der Waals surface area contributed by atoms with Crippen LogP contribution in [0.1, 0.15) is 0 Å². The largest absolute Gasteiger partial charge is 0.497 e. The van der Waals surface area contributed by atoms with Crippen molar-refractivity contribution in [1.82, 2.24) is 0 Å². The van der Waals surface area contributed by atoms with Crippen molar-refractivity contribution in [3.63, 3.8) is 0 Å². The van der Waals surface area contributed by atoms with Gasteiger partial charge in [0, 0.05) is 16.7 Å². The Morgan fingerprint density at radius 3 is 2.24 bits per heavy atom. The summed E-state index contributed by atoms with van der Waals surface area (Å²) in [4.78, 5) is 0. The molecular formula is C14H12ClO2. The van der Waals surface area contributed by atoms with Gasteiger partial charge in [0.2, 0.25) is 0 Å². The molecule has 0 aliphatic rings. The van der Waals surface area contributed by atoms with Crippen molar-refractivity contribution in [2.75, 3.05) is 14.2 Å². The second-order valence-electron chi connectivity index (χ2n) is 3.49. The van der Waals surface area contributed by atoms with E-state index < -0.39 is 0 Å². The minimum atomic E-state index is 0.655.